The number of aliphatic hydroxyl groups is 1. The number of rotatable bonds is 5. The fraction of sp³-hybridized carbons (Fsp3) is 0.571. The van der Waals surface area contributed by atoms with Crippen molar-refractivity contribution >= 4 is 17.8 Å². The second kappa shape index (κ2) is 9.47. The molecule has 8 heteroatoms. The van der Waals surface area contributed by atoms with Gasteiger partial charge in [-0.2, -0.15) is 0 Å². The average molecular weight is 490 g/mol. The lowest BCUT2D eigenvalue weighted by molar-refractivity contribution is -0.139. The number of nitrogens with zero attached hydrogens (tertiary/aromatic N) is 4. The smallest absolute Gasteiger partial charge is 0.251 e. The van der Waals surface area contributed by atoms with Crippen LogP contribution in [0.1, 0.15) is 68.1 Å². The third-order valence-corrected chi connectivity index (χ3v) is 8.54. The number of likely N-dealkylation sites (tertiary alicyclic amines) is 1. The summed E-state index contributed by atoms with van der Waals surface area (Å²) in [5.74, 6) is 0.942. The number of aromatic nitrogens is 2. The normalized spacial score (nSPS) is 28.5. The third-order valence-electron chi connectivity index (χ3n) is 8.54. The van der Waals surface area contributed by atoms with Crippen molar-refractivity contribution in [1.29, 1.82) is 0 Å². The van der Waals surface area contributed by atoms with Crippen LogP contribution in [0.2, 0.25) is 0 Å². The number of amides is 2. The summed E-state index contributed by atoms with van der Waals surface area (Å²) < 4.78 is 0. The van der Waals surface area contributed by atoms with E-state index in [-0.39, 0.29) is 29.4 Å². The van der Waals surface area contributed by atoms with Gasteiger partial charge in [0.25, 0.3) is 5.91 Å². The minimum atomic E-state index is -0.340. The second-order valence-electron chi connectivity index (χ2n) is 11.1. The van der Waals surface area contributed by atoms with Crippen LogP contribution < -0.4 is 10.2 Å². The molecule has 1 aromatic heterocycles. The molecule has 3 heterocycles. The molecule has 0 radical (unpaired) electrons. The number of piperidine rings is 1. The second-order valence-corrected chi connectivity index (χ2v) is 11.1. The number of carbonyl (C=O) groups excluding carboxylic acids is 2. The molecule has 1 atom stereocenters. The van der Waals surface area contributed by atoms with E-state index < -0.39 is 0 Å². The topological polar surface area (TPSA) is 98.7 Å². The molecule has 4 fully saturated rings. The molecular weight excluding hydrogens is 454 g/mol. The van der Waals surface area contributed by atoms with Crippen molar-refractivity contribution < 1.29 is 14.7 Å². The van der Waals surface area contributed by atoms with Gasteiger partial charge in [0.2, 0.25) is 11.9 Å². The molecule has 2 N–H and O–H groups in total. The molecule has 8 nitrogen and oxygen atoms in total. The predicted molar refractivity (Wildman–Crippen MR) is 136 cm³/mol. The number of anilines is 1. The van der Waals surface area contributed by atoms with Crippen molar-refractivity contribution in [3.63, 3.8) is 0 Å². The zero-order chi connectivity index (χ0) is 24.7. The Morgan fingerprint density at radius 2 is 1.67 bits per heavy atom. The van der Waals surface area contributed by atoms with E-state index in [0.29, 0.717) is 24.1 Å². The average Bonchev–Trinajstić information content (AvgIpc) is 3.68. The Hall–Kier alpha value is -3.00. The van der Waals surface area contributed by atoms with Gasteiger partial charge >= 0.3 is 0 Å². The van der Waals surface area contributed by atoms with E-state index in [1.54, 1.807) is 0 Å². The first-order valence-electron chi connectivity index (χ1n) is 13.5. The van der Waals surface area contributed by atoms with Crippen LogP contribution in [-0.2, 0) is 4.79 Å². The highest BCUT2D eigenvalue weighted by Gasteiger charge is 2.51. The van der Waals surface area contributed by atoms with E-state index in [1.165, 1.54) is 0 Å². The van der Waals surface area contributed by atoms with E-state index in [9.17, 15) is 14.7 Å². The number of benzene rings is 1. The first-order valence-corrected chi connectivity index (χ1v) is 13.5. The molecule has 36 heavy (non-hydrogen) atoms. The minimum Gasteiger partial charge on any atom is -0.393 e. The van der Waals surface area contributed by atoms with Gasteiger partial charge in [0.15, 0.2) is 0 Å². The lowest BCUT2D eigenvalue weighted by Crippen LogP contribution is -2.50. The molecule has 2 amide bonds. The maximum atomic E-state index is 13.6. The lowest BCUT2D eigenvalue weighted by Gasteiger charge is -2.40. The molecule has 2 saturated carbocycles. The SMILES string of the molecule is O=C(NC1CC1)c1ccc(-c2cnc(N3CCCC4(CCN(C5CCC(O)CC5)C4=O)C3)nc2)cc1. The van der Waals surface area contributed by atoms with Gasteiger partial charge in [-0.25, -0.2) is 9.97 Å². The van der Waals surface area contributed by atoms with Crippen molar-refractivity contribution in [3.8, 4) is 11.1 Å². The van der Waals surface area contributed by atoms with Crippen molar-refractivity contribution in [2.24, 2.45) is 5.41 Å². The summed E-state index contributed by atoms with van der Waals surface area (Å²) in [4.78, 5) is 39.4. The van der Waals surface area contributed by atoms with Gasteiger partial charge in [0, 0.05) is 55.2 Å². The fourth-order valence-corrected chi connectivity index (χ4v) is 6.19. The molecule has 1 aromatic carbocycles. The Labute approximate surface area is 212 Å². The van der Waals surface area contributed by atoms with Crippen LogP contribution in [0.3, 0.4) is 0 Å². The standard InChI is InChI=1S/C28H35N5O3/c34-24-10-8-23(9-11-24)33-15-13-28(26(33)36)12-1-14-32(18-28)27-29-16-21(17-30-27)19-2-4-20(5-3-19)25(35)31-22-6-7-22/h2-5,16-17,22-24,34H,1,6-15,18H2,(H,31,35). The molecule has 2 aliphatic heterocycles. The van der Waals surface area contributed by atoms with Gasteiger partial charge < -0.3 is 20.2 Å². The van der Waals surface area contributed by atoms with E-state index >= 15 is 0 Å². The van der Waals surface area contributed by atoms with Crippen LogP contribution in [0.4, 0.5) is 5.95 Å². The zero-order valence-corrected chi connectivity index (χ0v) is 20.7. The molecule has 2 aliphatic carbocycles. The van der Waals surface area contributed by atoms with Gasteiger partial charge in [-0.1, -0.05) is 12.1 Å². The Bertz CT molecular complexity index is 1110. The van der Waals surface area contributed by atoms with Gasteiger partial charge in [0.05, 0.1) is 11.5 Å². The zero-order valence-electron chi connectivity index (χ0n) is 20.7. The number of hydrogen-bond acceptors (Lipinski definition) is 6. The van der Waals surface area contributed by atoms with Crippen LogP contribution >= 0.6 is 0 Å². The van der Waals surface area contributed by atoms with Gasteiger partial charge in [-0.15, -0.1) is 0 Å². The molecule has 4 aliphatic rings. The van der Waals surface area contributed by atoms with Crippen LogP contribution in [0.5, 0.6) is 0 Å². The van der Waals surface area contributed by atoms with Crippen LogP contribution in [0, 0.1) is 5.41 Å². The van der Waals surface area contributed by atoms with E-state index in [0.717, 1.165) is 82.0 Å². The van der Waals surface area contributed by atoms with Crippen LogP contribution in [-0.4, -0.2) is 69.6 Å². The monoisotopic (exact) mass is 489 g/mol. The third kappa shape index (κ3) is 4.59. The minimum absolute atomic E-state index is 0.0178. The van der Waals surface area contributed by atoms with Crippen molar-refractivity contribution in [2.45, 2.75) is 76.0 Å². The highest BCUT2D eigenvalue weighted by Crippen LogP contribution is 2.43. The van der Waals surface area contributed by atoms with E-state index in [2.05, 4.69) is 25.1 Å². The number of aliphatic hydroxyl groups excluding tert-OH is 1. The Morgan fingerprint density at radius 1 is 0.944 bits per heavy atom. The van der Waals surface area contributed by atoms with Gasteiger partial charge in [-0.3, -0.25) is 9.59 Å². The Balaban J connectivity index is 1.11. The van der Waals surface area contributed by atoms with Crippen LogP contribution in [0.15, 0.2) is 36.7 Å². The molecule has 1 unspecified atom stereocenters. The van der Waals surface area contributed by atoms with Gasteiger partial charge in [-0.05, 0) is 75.5 Å². The summed E-state index contributed by atoms with van der Waals surface area (Å²) >= 11 is 0. The summed E-state index contributed by atoms with van der Waals surface area (Å²) in [6, 6.07) is 8.19. The number of nitrogens with one attached hydrogen (secondary N) is 1. The Morgan fingerprint density at radius 3 is 2.36 bits per heavy atom. The maximum absolute atomic E-state index is 13.6. The molecule has 2 aromatic rings. The molecular formula is C28H35N5O3. The fourth-order valence-electron chi connectivity index (χ4n) is 6.19. The summed E-state index contributed by atoms with van der Waals surface area (Å²) in [6.07, 6.45) is 11.8. The highest BCUT2D eigenvalue weighted by molar-refractivity contribution is 5.95. The molecule has 2 saturated heterocycles. The number of hydrogen-bond donors (Lipinski definition) is 2. The van der Waals surface area contributed by atoms with Crippen molar-refractivity contribution in [3.05, 3.63) is 42.2 Å². The van der Waals surface area contributed by atoms with Crippen LogP contribution in [0.25, 0.3) is 11.1 Å². The quantitative estimate of drug-likeness (QED) is 0.670. The van der Waals surface area contributed by atoms with Gasteiger partial charge in [0.1, 0.15) is 0 Å². The first-order chi connectivity index (χ1) is 17.5. The number of carbonyl (C=O) groups is 2. The molecule has 6 rings (SSSR count). The summed E-state index contributed by atoms with van der Waals surface area (Å²) in [7, 11) is 0. The Kier molecular flexibility index (Phi) is 6.15. The maximum Gasteiger partial charge on any atom is 0.251 e. The predicted octanol–water partition coefficient (Wildman–Crippen LogP) is 3.16. The molecule has 1 spiro atoms. The lowest BCUT2D eigenvalue weighted by atomic mass is 9.78. The molecule has 190 valence electrons. The first kappa shape index (κ1) is 23.4. The summed E-state index contributed by atoms with van der Waals surface area (Å²) in [5, 5.41) is 12.9. The summed E-state index contributed by atoms with van der Waals surface area (Å²) in [6.45, 7) is 2.35. The van der Waals surface area contributed by atoms with Crippen molar-refractivity contribution in [1.82, 2.24) is 20.2 Å². The van der Waals surface area contributed by atoms with Crippen molar-refractivity contribution in [2.75, 3.05) is 24.5 Å². The highest BCUT2D eigenvalue weighted by atomic mass is 16.3. The summed E-state index contributed by atoms with van der Waals surface area (Å²) in [5.41, 5.74) is 2.20. The molecule has 0 bridgehead atoms. The van der Waals surface area contributed by atoms with E-state index in [1.807, 2.05) is 36.7 Å². The largest absolute Gasteiger partial charge is 0.393 e. The van der Waals surface area contributed by atoms with E-state index in [4.69, 9.17) is 0 Å².